The second-order valence-corrected chi connectivity index (χ2v) is 6.45. The van der Waals surface area contributed by atoms with Crippen LogP contribution in [0.1, 0.15) is 11.6 Å². The highest BCUT2D eigenvalue weighted by atomic mass is 35.5. The molecule has 0 aliphatic carbocycles. The number of alkyl halides is 3. The minimum Gasteiger partial charge on any atom is -0.268 e. The Balaban J connectivity index is 2.30. The Labute approximate surface area is 140 Å². The SMILES string of the molecule is CN(Sc1cnn(C)c(=O)c1)C(c1ccc(Cl)cc1)C(F)(F)F. The van der Waals surface area contributed by atoms with E-state index in [1.807, 2.05) is 0 Å². The first kappa shape index (κ1) is 17.8. The molecule has 0 saturated carbocycles. The lowest BCUT2D eigenvalue weighted by Crippen LogP contribution is -2.32. The van der Waals surface area contributed by atoms with Gasteiger partial charge in [-0.3, -0.25) is 4.79 Å². The summed E-state index contributed by atoms with van der Waals surface area (Å²) in [4.78, 5) is 11.9. The third-order valence-corrected chi connectivity index (χ3v) is 4.24. The molecule has 2 aromatic rings. The molecule has 0 amide bonds. The molecule has 0 spiro atoms. The summed E-state index contributed by atoms with van der Waals surface area (Å²) in [5, 5.41) is 4.16. The number of hydrogen-bond donors (Lipinski definition) is 0. The molecule has 23 heavy (non-hydrogen) atoms. The predicted octanol–water partition coefficient (Wildman–Crippen LogP) is 3.68. The van der Waals surface area contributed by atoms with Gasteiger partial charge in [0.05, 0.1) is 6.20 Å². The number of aryl methyl sites for hydroxylation is 1. The summed E-state index contributed by atoms with van der Waals surface area (Å²) < 4.78 is 42.4. The maximum Gasteiger partial charge on any atom is 0.408 e. The molecule has 0 aliphatic heterocycles. The molecular weight excluding hydrogens is 351 g/mol. The molecule has 1 aromatic carbocycles. The summed E-state index contributed by atoms with van der Waals surface area (Å²) in [6.07, 6.45) is -3.14. The number of benzene rings is 1. The minimum absolute atomic E-state index is 0.0636. The fourth-order valence-corrected chi connectivity index (χ4v) is 3.02. The van der Waals surface area contributed by atoms with Crippen molar-refractivity contribution in [3.8, 4) is 0 Å². The molecule has 1 unspecified atom stereocenters. The van der Waals surface area contributed by atoms with Gasteiger partial charge in [0.25, 0.3) is 5.56 Å². The zero-order valence-corrected chi connectivity index (χ0v) is 13.8. The highest BCUT2D eigenvalue weighted by molar-refractivity contribution is 7.97. The average molecular weight is 364 g/mol. The Hall–Kier alpha value is -1.51. The van der Waals surface area contributed by atoms with Crippen LogP contribution in [0.3, 0.4) is 0 Å². The summed E-state index contributed by atoms with van der Waals surface area (Å²) in [7, 11) is 2.78. The van der Waals surface area contributed by atoms with Crippen LogP contribution in [0.15, 0.2) is 46.2 Å². The maximum atomic E-state index is 13.4. The summed E-state index contributed by atoms with van der Waals surface area (Å²) >= 11 is 6.53. The van der Waals surface area contributed by atoms with Crippen LogP contribution < -0.4 is 5.56 Å². The molecule has 0 fully saturated rings. The van der Waals surface area contributed by atoms with E-state index in [1.165, 1.54) is 50.6 Å². The predicted molar refractivity (Wildman–Crippen MR) is 83.3 cm³/mol. The van der Waals surface area contributed by atoms with Crippen LogP contribution >= 0.6 is 23.5 Å². The van der Waals surface area contributed by atoms with Gasteiger partial charge in [0.15, 0.2) is 0 Å². The lowest BCUT2D eigenvalue weighted by molar-refractivity contribution is -0.169. The summed E-state index contributed by atoms with van der Waals surface area (Å²) in [6.45, 7) is 0. The van der Waals surface area contributed by atoms with Crippen molar-refractivity contribution >= 4 is 23.5 Å². The number of nitrogens with zero attached hydrogens (tertiary/aromatic N) is 3. The molecule has 1 aromatic heterocycles. The first-order chi connectivity index (χ1) is 10.7. The summed E-state index contributed by atoms with van der Waals surface area (Å²) in [5.74, 6) is 0. The zero-order valence-electron chi connectivity index (χ0n) is 12.2. The van der Waals surface area contributed by atoms with E-state index in [2.05, 4.69) is 5.10 Å². The third kappa shape index (κ3) is 4.49. The Morgan fingerprint density at radius 3 is 2.43 bits per heavy atom. The molecular formula is C14H13ClF3N3OS. The van der Waals surface area contributed by atoms with Gasteiger partial charge in [-0.15, -0.1) is 0 Å². The van der Waals surface area contributed by atoms with Gasteiger partial charge in [0, 0.05) is 23.0 Å². The van der Waals surface area contributed by atoms with Gasteiger partial charge in [0.2, 0.25) is 0 Å². The second-order valence-electron chi connectivity index (χ2n) is 4.79. The van der Waals surface area contributed by atoms with Crippen molar-refractivity contribution in [2.24, 2.45) is 7.05 Å². The van der Waals surface area contributed by atoms with Gasteiger partial charge >= 0.3 is 6.18 Å². The molecule has 4 nitrogen and oxygen atoms in total. The average Bonchev–Trinajstić information content (AvgIpc) is 2.44. The van der Waals surface area contributed by atoms with Crippen molar-refractivity contribution in [2.75, 3.05) is 7.05 Å². The van der Waals surface area contributed by atoms with Crippen molar-refractivity contribution in [1.29, 1.82) is 0 Å². The Morgan fingerprint density at radius 2 is 1.91 bits per heavy atom. The van der Waals surface area contributed by atoms with Crippen LogP contribution in [0.4, 0.5) is 13.2 Å². The van der Waals surface area contributed by atoms with Gasteiger partial charge in [-0.2, -0.15) is 18.3 Å². The maximum absolute atomic E-state index is 13.4. The van der Waals surface area contributed by atoms with Gasteiger partial charge < -0.3 is 0 Å². The monoisotopic (exact) mass is 363 g/mol. The molecule has 1 heterocycles. The second kappa shape index (κ2) is 6.94. The Bertz CT molecular complexity index is 733. The fourth-order valence-electron chi connectivity index (χ4n) is 1.97. The smallest absolute Gasteiger partial charge is 0.268 e. The van der Waals surface area contributed by atoms with Crippen molar-refractivity contribution in [3.63, 3.8) is 0 Å². The van der Waals surface area contributed by atoms with E-state index in [-0.39, 0.29) is 5.56 Å². The van der Waals surface area contributed by atoms with E-state index in [9.17, 15) is 18.0 Å². The van der Waals surface area contributed by atoms with Crippen LogP contribution in [0.25, 0.3) is 0 Å². The van der Waals surface area contributed by atoms with E-state index < -0.39 is 17.8 Å². The zero-order chi connectivity index (χ0) is 17.2. The summed E-state index contributed by atoms with van der Waals surface area (Å²) in [5.41, 5.74) is -0.327. The molecule has 0 aliphatic rings. The Morgan fingerprint density at radius 1 is 1.30 bits per heavy atom. The van der Waals surface area contributed by atoms with Crippen LogP contribution in [0.2, 0.25) is 5.02 Å². The third-order valence-electron chi connectivity index (χ3n) is 3.05. The molecule has 0 bridgehead atoms. The molecule has 2 rings (SSSR count). The molecule has 0 radical (unpaired) electrons. The highest BCUT2D eigenvalue weighted by Crippen LogP contribution is 2.41. The van der Waals surface area contributed by atoms with E-state index >= 15 is 0 Å². The number of halogens is 4. The van der Waals surface area contributed by atoms with E-state index in [0.29, 0.717) is 9.92 Å². The molecule has 0 saturated heterocycles. The lowest BCUT2D eigenvalue weighted by Gasteiger charge is -2.29. The minimum atomic E-state index is -4.48. The first-order valence-corrected chi connectivity index (χ1v) is 7.60. The Kier molecular flexibility index (Phi) is 5.38. The molecule has 124 valence electrons. The van der Waals surface area contributed by atoms with Gasteiger partial charge in [-0.25, -0.2) is 8.99 Å². The largest absolute Gasteiger partial charge is 0.408 e. The quantitative estimate of drug-likeness (QED) is 0.777. The van der Waals surface area contributed by atoms with Gasteiger partial charge in [0.1, 0.15) is 6.04 Å². The van der Waals surface area contributed by atoms with Gasteiger partial charge in [-0.1, -0.05) is 23.7 Å². The van der Waals surface area contributed by atoms with E-state index in [4.69, 9.17) is 11.6 Å². The topological polar surface area (TPSA) is 38.1 Å². The fraction of sp³-hybridized carbons (Fsp3) is 0.286. The molecule has 9 heteroatoms. The number of hydrogen-bond acceptors (Lipinski definition) is 4. The first-order valence-electron chi connectivity index (χ1n) is 6.45. The summed E-state index contributed by atoms with van der Waals surface area (Å²) in [6, 6.07) is 4.89. The van der Waals surface area contributed by atoms with Crippen LogP contribution in [-0.2, 0) is 7.05 Å². The normalized spacial score (nSPS) is 13.3. The van der Waals surface area contributed by atoms with Crippen molar-refractivity contribution in [3.05, 3.63) is 57.5 Å². The highest BCUT2D eigenvalue weighted by Gasteiger charge is 2.44. The van der Waals surface area contributed by atoms with Crippen molar-refractivity contribution < 1.29 is 13.2 Å². The standard InChI is InChI=1S/C14H13ClF3N3OS/c1-20-12(22)7-11(8-19-20)23-21(2)13(14(16,17)18)9-3-5-10(15)6-4-9/h3-8,13H,1-2H3. The van der Waals surface area contributed by atoms with Crippen molar-refractivity contribution in [1.82, 2.24) is 14.1 Å². The van der Waals surface area contributed by atoms with E-state index in [0.717, 1.165) is 20.9 Å². The van der Waals surface area contributed by atoms with E-state index in [1.54, 1.807) is 0 Å². The molecule has 1 atom stereocenters. The number of rotatable bonds is 4. The van der Waals surface area contributed by atoms with Crippen LogP contribution in [0.5, 0.6) is 0 Å². The van der Waals surface area contributed by atoms with Crippen LogP contribution in [0, 0.1) is 0 Å². The van der Waals surface area contributed by atoms with Crippen molar-refractivity contribution in [2.45, 2.75) is 17.1 Å². The molecule has 0 N–H and O–H groups in total. The van der Waals surface area contributed by atoms with Crippen LogP contribution in [-0.4, -0.2) is 27.3 Å². The number of aromatic nitrogens is 2. The lowest BCUT2D eigenvalue weighted by atomic mass is 10.1. The van der Waals surface area contributed by atoms with Gasteiger partial charge in [-0.05, 0) is 36.7 Å².